The molecule has 1 N–H and O–H groups in total. The van der Waals surface area contributed by atoms with E-state index in [1.54, 1.807) is 0 Å². The van der Waals surface area contributed by atoms with Gasteiger partial charge in [-0.05, 0) is 63.8 Å². The summed E-state index contributed by atoms with van der Waals surface area (Å²) in [5.41, 5.74) is 0. The number of fused-ring (bicyclic) bond motifs is 1. The van der Waals surface area contributed by atoms with Crippen LogP contribution in [-0.4, -0.2) is 34.7 Å². The van der Waals surface area contributed by atoms with Crippen molar-refractivity contribution in [2.24, 2.45) is 5.92 Å². The van der Waals surface area contributed by atoms with Gasteiger partial charge >= 0.3 is 0 Å². The molecule has 2 atom stereocenters. The third kappa shape index (κ3) is 2.53. The zero-order chi connectivity index (χ0) is 11.7. The summed E-state index contributed by atoms with van der Waals surface area (Å²) in [6.07, 6.45) is 13.3. The molecule has 0 amide bonds. The van der Waals surface area contributed by atoms with Crippen LogP contribution in [0, 0.1) is 5.92 Å². The summed E-state index contributed by atoms with van der Waals surface area (Å²) in [4.78, 5) is 2.85. The average Bonchev–Trinajstić information content (AvgIpc) is 2.39. The molecule has 0 radical (unpaired) electrons. The van der Waals surface area contributed by atoms with E-state index in [-0.39, 0.29) is 6.10 Å². The zero-order valence-electron chi connectivity index (χ0n) is 11.0. The quantitative estimate of drug-likeness (QED) is 0.758. The van der Waals surface area contributed by atoms with Crippen LogP contribution in [0.1, 0.15) is 64.2 Å². The Morgan fingerprint density at radius 3 is 2.29 bits per heavy atom. The molecule has 1 saturated heterocycles. The van der Waals surface area contributed by atoms with Crippen LogP contribution in [-0.2, 0) is 0 Å². The first-order valence-electron chi connectivity index (χ1n) is 7.78. The Morgan fingerprint density at radius 1 is 0.765 bits per heavy atom. The van der Waals surface area contributed by atoms with Crippen molar-refractivity contribution in [2.45, 2.75) is 82.4 Å². The molecule has 3 aliphatic rings. The van der Waals surface area contributed by atoms with Crippen LogP contribution in [0.3, 0.4) is 0 Å². The van der Waals surface area contributed by atoms with E-state index in [1.807, 2.05) is 0 Å². The van der Waals surface area contributed by atoms with E-state index >= 15 is 0 Å². The van der Waals surface area contributed by atoms with E-state index in [0.29, 0.717) is 0 Å². The maximum absolute atomic E-state index is 9.64. The third-order valence-electron chi connectivity index (χ3n) is 5.42. The molecule has 0 bridgehead atoms. The third-order valence-corrected chi connectivity index (χ3v) is 5.42. The molecule has 0 spiro atoms. The highest BCUT2D eigenvalue weighted by Crippen LogP contribution is 2.38. The van der Waals surface area contributed by atoms with Crippen molar-refractivity contribution in [3.05, 3.63) is 0 Å². The highest BCUT2D eigenvalue weighted by molar-refractivity contribution is 4.92. The van der Waals surface area contributed by atoms with Gasteiger partial charge in [0.15, 0.2) is 0 Å². The molecule has 2 saturated carbocycles. The fraction of sp³-hybridized carbons (Fsp3) is 1.00. The standard InChI is InChI=1S/C15H27NO/c17-14-9-7-13(8-10-14)16-11-3-5-12-4-1-2-6-15(12)16/h12-15,17H,1-11H2. The number of aliphatic hydroxyl groups excluding tert-OH is 1. The minimum absolute atomic E-state index is 0.00167. The molecule has 0 aromatic heterocycles. The Kier molecular flexibility index (Phi) is 3.72. The molecule has 1 aliphatic heterocycles. The number of rotatable bonds is 1. The van der Waals surface area contributed by atoms with Crippen LogP contribution in [0.15, 0.2) is 0 Å². The Balaban J connectivity index is 1.64. The van der Waals surface area contributed by atoms with E-state index < -0.39 is 0 Å². The second-order valence-corrected chi connectivity index (χ2v) is 6.45. The minimum atomic E-state index is -0.00167. The Bertz CT molecular complexity index is 245. The van der Waals surface area contributed by atoms with Gasteiger partial charge < -0.3 is 5.11 Å². The van der Waals surface area contributed by atoms with Gasteiger partial charge in [-0.2, -0.15) is 0 Å². The van der Waals surface area contributed by atoms with Crippen molar-refractivity contribution in [2.75, 3.05) is 6.54 Å². The van der Waals surface area contributed by atoms with Crippen LogP contribution in [0.4, 0.5) is 0 Å². The van der Waals surface area contributed by atoms with Crippen molar-refractivity contribution < 1.29 is 5.11 Å². The summed E-state index contributed by atoms with van der Waals surface area (Å²) in [6.45, 7) is 1.34. The number of hydrogen-bond acceptors (Lipinski definition) is 2. The zero-order valence-corrected chi connectivity index (χ0v) is 11.0. The van der Waals surface area contributed by atoms with Gasteiger partial charge in [-0.15, -0.1) is 0 Å². The molecule has 98 valence electrons. The second-order valence-electron chi connectivity index (χ2n) is 6.45. The van der Waals surface area contributed by atoms with Gasteiger partial charge in [0.2, 0.25) is 0 Å². The maximum Gasteiger partial charge on any atom is 0.0541 e. The molecule has 2 nitrogen and oxygen atoms in total. The van der Waals surface area contributed by atoms with Crippen LogP contribution in [0.2, 0.25) is 0 Å². The van der Waals surface area contributed by atoms with Gasteiger partial charge in [-0.1, -0.05) is 12.8 Å². The van der Waals surface area contributed by atoms with Crippen LogP contribution >= 0.6 is 0 Å². The smallest absolute Gasteiger partial charge is 0.0541 e. The molecule has 17 heavy (non-hydrogen) atoms. The summed E-state index contributed by atoms with van der Waals surface area (Å²) >= 11 is 0. The summed E-state index contributed by atoms with van der Waals surface area (Å²) in [6, 6.07) is 1.70. The van der Waals surface area contributed by atoms with E-state index in [1.165, 1.54) is 57.9 Å². The number of piperidine rings is 1. The van der Waals surface area contributed by atoms with Crippen molar-refractivity contribution >= 4 is 0 Å². The first-order chi connectivity index (χ1) is 8.34. The van der Waals surface area contributed by atoms with Crippen molar-refractivity contribution in [3.63, 3.8) is 0 Å². The monoisotopic (exact) mass is 237 g/mol. The summed E-state index contributed by atoms with van der Waals surface area (Å²) in [5.74, 6) is 1.00. The van der Waals surface area contributed by atoms with Gasteiger partial charge in [0.05, 0.1) is 6.10 Å². The topological polar surface area (TPSA) is 23.5 Å². The highest BCUT2D eigenvalue weighted by Gasteiger charge is 2.37. The lowest BCUT2D eigenvalue weighted by atomic mass is 9.76. The van der Waals surface area contributed by atoms with Gasteiger partial charge in [0, 0.05) is 12.1 Å². The molecule has 3 rings (SSSR count). The molecule has 2 heteroatoms. The van der Waals surface area contributed by atoms with Crippen molar-refractivity contribution in [3.8, 4) is 0 Å². The molecular formula is C15H27NO. The van der Waals surface area contributed by atoms with Gasteiger partial charge in [0.1, 0.15) is 0 Å². The lowest BCUT2D eigenvalue weighted by Crippen LogP contribution is -2.52. The SMILES string of the molecule is OC1CCC(N2CCCC3CCCCC32)CC1. The summed E-state index contributed by atoms with van der Waals surface area (Å²) < 4.78 is 0. The molecule has 1 heterocycles. The van der Waals surface area contributed by atoms with Crippen molar-refractivity contribution in [1.29, 1.82) is 0 Å². The fourth-order valence-electron chi connectivity index (χ4n) is 4.51. The maximum atomic E-state index is 9.64. The lowest BCUT2D eigenvalue weighted by molar-refractivity contribution is -0.00428. The van der Waals surface area contributed by atoms with Crippen LogP contribution in [0.25, 0.3) is 0 Å². The summed E-state index contributed by atoms with van der Waals surface area (Å²) in [7, 11) is 0. The number of likely N-dealkylation sites (tertiary alicyclic amines) is 1. The Morgan fingerprint density at radius 2 is 1.47 bits per heavy atom. The Labute approximate surface area is 105 Å². The van der Waals surface area contributed by atoms with Crippen LogP contribution in [0.5, 0.6) is 0 Å². The molecule has 0 aromatic rings. The number of aliphatic hydroxyl groups is 1. The fourth-order valence-corrected chi connectivity index (χ4v) is 4.51. The average molecular weight is 237 g/mol. The molecule has 0 aromatic carbocycles. The molecule has 2 unspecified atom stereocenters. The second kappa shape index (κ2) is 5.27. The van der Waals surface area contributed by atoms with E-state index in [4.69, 9.17) is 0 Å². The van der Waals surface area contributed by atoms with Gasteiger partial charge in [0.25, 0.3) is 0 Å². The first-order valence-corrected chi connectivity index (χ1v) is 7.78. The predicted octanol–water partition coefficient (Wildman–Crippen LogP) is 2.94. The van der Waals surface area contributed by atoms with Gasteiger partial charge in [-0.3, -0.25) is 4.90 Å². The van der Waals surface area contributed by atoms with E-state index in [9.17, 15) is 5.11 Å². The first kappa shape index (κ1) is 12.0. The van der Waals surface area contributed by atoms with Crippen molar-refractivity contribution in [1.82, 2.24) is 4.90 Å². The highest BCUT2D eigenvalue weighted by atomic mass is 16.3. The lowest BCUT2D eigenvalue weighted by Gasteiger charge is -2.49. The minimum Gasteiger partial charge on any atom is -0.393 e. The van der Waals surface area contributed by atoms with Gasteiger partial charge in [-0.25, -0.2) is 0 Å². The van der Waals surface area contributed by atoms with Crippen LogP contribution < -0.4 is 0 Å². The largest absolute Gasteiger partial charge is 0.393 e. The number of nitrogens with zero attached hydrogens (tertiary/aromatic N) is 1. The Hall–Kier alpha value is -0.0800. The molecule has 3 fully saturated rings. The number of hydrogen-bond donors (Lipinski definition) is 1. The van der Waals surface area contributed by atoms with E-state index in [2.05, 4.69) is 4.90 Å². The molecule has 2 aliphatic carbocycles. The molecular weight excluding hydrogens is 210 g/mol. The summed E-state index contributed by atoms with van der Waals surface area (Å²) in [5, 5.41) is 9.64. The normalized spacial score (nSPS) is 44.3. The predicted molar refractivity (Wildman–Crippen MR) is 69.9 cm³/mol. The van der Waals surface area contributed by atoms with E-state index in [0.717, 1.165) is 30.8 Å².